The van der Waals surface area contributed by atoms with E-state index in [1.54, 1.807) is 12.1 Å². The summed E-state index contributed by atoms with van der Waals surface area (Å²) in [5.41, 5.74) is 2.66. The van der Waals surface area contributed by atoms with Crippen LogP contribution in [0.3, 0.4) is 0 Å². The third-order valence-corrected chi connectivity index (χ3v) is 5.55. The van der Waals surface area contributed by atoms with Crippen molar-refractivity contribution in [2.75, 3.05) is 13.7 Å². The lowest BCUT2D eigenvalue weighted by atomic mass is 10.1. The topological polar surface area (TPSA) is 123 Å². The molecule has 3 N–H and O–H groups in total. The molecule has 9 nitrogen and oxygen atoms in total. The van der Waals surface area contributed by atoms with Gasteiger partial charge in [0.1, 0.15) is 25.0 Å². The second-order valence-electron chi connectivity index (χ2n) is 8.57. The van der Waals surface area contributed by atoms with Crippen LogP contribution < -0.4 is 15.4 Å². The van der Waals surface area contributed by atoms with Crippen LogP contribution in [0.2, 0.25) is 0 Å². The molecule has 2 atom stereocenters. The number of amides is 2. The van der Waals surface area contributed by atoms with Crippen molar-refractivity contribution >= 4 is 18.0 Å². The average Bonchev–Trinajstić information content (AvgIpc) is 2.95. The maximum absolute atomic E-state index is 12.5. The number of alkyl carbamates (subject to hydrolysis) is 1. The Balaban J connectivity index is 1.43. The van der Waals surface area contributed by atoms with E-state index in [1.807, 2.05) is 72.8 Å². The summed E-state index contributed by atoms with van der Waals surface area (Å²) in [6.45, 7) is 0.335. The van der Waals surface area contributed by atoms with Crippen LogP contribution >= 0.6 is 0 Å². The summed E-state index contributed by atoms with van der Waals surface area (Å²) < 4.78 is 15.7. The van der Waals surface area contributed by atoms with Gasteiger partial charge in [0.05, 0.1) is 19.6 Å². The minimum Gasteiger partial charge on any atom is -0.489 e. The quantitative estimate of drug-likeness (QED) is 0.296. The lowest BCUT2D eigenvalue weighted by Crippen LogP contribution is -2.45. The van der Waals surface area contributed by atoms with Crippen LogP contribution in [0.5, 0.6) is 5.75 Å². The van der Waals surface area contributed by atoms with Gasteiger partial charge in [0.2, 0.25) is 5.91 Å². The molecule has 0 radical (unpaired) electrons. The van der Waals surface area contributed by atoms with E-state index in [0.29, 0.717) is 12.4 Å². The number of hydrogen-bond donors (Lipinski definition) is 3. The van der Waals surface area contributed by atoms with Crippen molar-refractivity contribution in [2.24, 2.45) is 0 Å². The molecule has 9 heteroatoms. The molecular formula is C29H32N2O7. The van der Waals surface area contributed by atoms with Crippen molar-refractivity contribution in [1.29, 1.82) is 0 Å². The molecule has 0 aliphatic rings. The van der Waals surface area contributed by atoms with Crippen molar-refractivity contribution in [3.05, 3.63) is 102 Å². The molecule has 0 fully saturated rings. The number of carbonyl (C=O) groups is 3. The highest BCUT2D eigenvalue weighted by Gasteiger charge is 2.23. The first-order valence-electron chi connectivity index (χ1n) is 12.2. The number of benzene rings is 3. The zero-order chi connectivity index (χ0) is 27.2. The van der Waals surface area contributed by atoms with E-state index in [9.17, 15) is 19.5 Å². The maximum Gasteiger partial charge on any atom is 0.407 e. The van der Waals surface area contributed by atoms with Crippen molar-refractivity contribution in [2.45, 2.75) is 38.2 Å². The Morgan fingerprint density at radius 2 is 1.42 bits per heavy atom. The minimum atomic E-state index is -1.17. The molecule has 0 heterocycles. The SMILES string of the molecule is COC(=O)[C@@H](Cc1ccc(OCc2ccccc2)cc1)NC(=O)C[C@H](O)CNC(=O)OCc1ccccc1. The van der Waals surface area contributed by atoms with Gasteiger partial charge in [-0.1, -0.05) is 72.8 Å². The number of esters is 1. The number of hydrogen-bond acceptors (Lipinski definition) is 7. The molecule has 200 valence electrons. The monoisotopic (exact) mass is 520 g/mol. The standard InChI is InChI=1S/C29H32N2O7/c1-36-28(34)26(16-21-12-14-25(15-13-21)37-19-22-8-4-2-5-9-22)31-27(33)17-24(32)18-30-29(35)38-20-23-10-6-3-7-11-23/h2-15,24,26,32H,16-20H2,1H3,(H,30,35)(H,31,33)/t24-,26+/m0/s1. The zero-order valence-corrected chi connectivity index (χ0v) is 21.2. The summed E-state index contributed by atoms with van der Waals surface area (Å²) in [7, 11) is 1.24. The molecule has 0 saturated heterocycles. The summed E-state index contributed by atoms with van der Waals surface area (Å²) in [5, 5.41) is 15.2. The average molecular weight is 521 g/mol. The van der Waals surface area contributed by atoms with Crippen molar-refractivity contribution in [3.8, 4) is 5.75 Å². The molecule has 3 aromatic rings. The maximum atomic E-state index is 12.5. The van der Waals surface area contributed by atoms with Gasteiger partial charge in [0, 0.05) is 13.0 Å². The van der Waals surface area contributed by atoms with Crippen LogP contribution in [-0.2, 0) is 38.7 Å². The van der Waals surface area contributed by atoms with Crippen LogP contribution in [0.25, 0.3) is 0 Å². The molecule has 0 aliphatic carbocycles. The highest BCUT2D eigenvalue weighted by atomic mass is 16.5. The number of aliphatic hydroxyl groups excluding tert-OH is 1. The fourth-order valence-electron chi connectivity index (χ4n) is 3.55. The van der Waals surface area contributed by atoms with E-state index in [0.717, 1.165) is 16.7 Å². The number of aliphatic hydroxyl groups is 1. The molecule has 0 aliphatic heterocycles. The molecule has 38 heavy (non-hydrogen) atoms. The second-order valence-corrected chi connectivity index (χ2v) is 8.57. The molecule has 3 rings (SSSR count). The molecular weight excluding hydrogens is 488 g/mol. The fourth-order valence-corrected chi connectivity index (χ4v) is 3.55. The Morgan fingerprint density at radius 3 is 2.03 bits per heavy atom. The first-order valence-corrected chi connectivity index (χ1v) is 12.2. The van der Waals surface area contributed by atoms with E-state index in [4.69, 9.17) is 14.2 Å². The minimum absolute atomic E-state index is 0.0875. The molecule has 2 amide bonds. The van der Waals surface area contributed by atoms with Crippen molar-refractivity contribution in [1.82, 2.24) is 10.6 Å². The number of nitrogens with one attached hydrogen (secondary N) is 2. The van der Waals surface area contributed by atoms with E-state index >= 15 is 0 Å². The summed E-state index contributed by atoms with van der Waals surface area (Å²) in [4.78, 5) is 36.6. The van der Waals surface area contributed by atoms with Crippen molar-refractivity contribution in [3.63, 3.8) is 0 Å². The highest BCUT2D eigenvalue weighted by molar-refractivity contribution is 5.85. The van der Waals surface area contributed by atoms with E-state index in [-0.39, 0.29) is 26.0 Å². The van der Waals surface area contributed by atoms with Gasteiger partial charge in [0.15, 0.2) is 0 Å². The van der Waals surface area contributed by atoms with Gasteiger partial charge in [-0.05, 0) is 28.8 Å². The largest absolute Gasteiger partial charge is 0.489 e. The fraction of sp³-hybridized carbons (Fsp3) is 0.276. The van der Waals surface area contributed by atoms with Crippen LogP contribution in [-0.4, -0.2) is 48.9 Å². The first-order chi connectivity index (χ1) is 18.4. The summed E-state index contributed by atoms with van der Waals surface area (Å²) in [6, 6.07) is 25.2. The van der Waals surface area contributed by atoms with E-state index in [1.165, 1.54) is 7.11 Å². The smallest absolute Gasteiger partial charge is 0.407 e. The zero-order valence-electron chi connectivity index (χ0n) is 21.2. The van der Waals surface area contributed by atoms with Gasteiger partial charge in [-0.25, -0.2) is 9.59 Å². The third-order valence-electron chi connectivity index (χ3n) is 5.55. The summed E-state index contributed by atoms with van der Waals surface area (Å²) in [5.74, 6) is -0.496. The van der Waals surface area contributed by atoms with Gasteiger partial charge in [-0.3, -0.25) is 4.79 Å². The number of carbonyl (C=O) groups excluding carboxylic acids is 3. The lowest BCUT2D eigenvalue weighted by Gasteiger charge is -2.18. The number of methoxy groups -OCH3 is 1. The van der Waals surface area contributed by atoms with Gasteiger partial charge < -0.3 is 30.0 Å². The summed E-state index contributed by atoms with van der Waals surface area (Å²) >= 11 is 0. The molecule has 0 spiro atoms. The Morgan fingerprint density at radius 1 is 0.816 bits per heavy atom. The van der Waals surface area contributed by atoms with E-state index < -0.39 is 30.1 Å². The van der Waals surface area contributed by atoms with Crippen LogP contribution in [0.1, 0.15) is 23.1 Å². The predicted molar refractivity (Wildman–Crippen MR) is 140 cm³/mol. The van der Waals surface area contributed by atoms with E-state index in [2.05, 4.69) is 10.6 Å². The normalized spacial score (nSPS) is 12.1. The molecule has 0 aromatic heterocycles. The Labute approximate surface area is 221 Å². The van der Waals surface area contributed by atoms with Gasteiger partial charge in [-0.15, -0.1) is 0 Å². The predicted octanol–water partition coefficient (Wildman–Crippen LogP) is 3.14. The van der Waals surface area contributed by atoms with Gasteiger partial charge in [0.25, 0.3) is 0 Å². The van der Waals surface area contributed by atoms with Crippen molar-refractivity contribution < 1.29 is 33.7 Å². The summed E-state index contributed by atoms with van der Waals surface area (Å²) in [6.07, 6.45) is -2.01. The van der Waals surface area contributed by atoms with Gasteiger partial charge in [-0.2, -0.15) is 0 Å². The van der Waals surface area contributed by atoms with Crippen LogP contribution in [0.4, 0.5) is 4.79 Å². The third kappa shape index (κ3) is 9.94. The molecule has 0 unspecified atom stereocenters. The molecule has 0 bridgehead atoms. The van der Waals surface area contributed by atoms with Gasteiger partial charge >= 0.3 is 12.1 Å². The second kappa shape index (κ2) is 15.0. The Hall–Kier alpha value is -4.37. The Kier molecular flexibility index (Phi) is 11.1. The number of rotatable bonds is 13. The number of ether oxygens (including phenoxy) is 3. The highest BCUT2D eigenvalue weighted by Crippen LogP contribution is 2.16. The lowest BCUT2D eigenvalue weighted by molar-refractivity contribution is -0.145. The first kappa shape index (κ1) is 28.2. The Bertz CT molecular complexity index is 1150. The molecule has 0 saturated carbocycles. The van der Waals surface area contributed by atoms with Crippen LogP contribution in [0.15, 0.2) is 84.9 Å². The molecule has 3 aromatic carbocycles. The van der Waals surface area contributed by atoms with Crippen LogP contribution in [0, 0.1) is 0 Å².